The zero-order valence-corrected chi connectivity index (χ0v) is 15.1. The van der Waals surface area contributed by atoms with Crippen LogP contribution >= 0.6 is 34.8 Å². The molecule has 1 amide bonds. The zero-order valence-electron chi connectivity index (χ0n) is 12.9. The summed E-state index contributed by atoms with van der Waals surface area (Å²) in [7, 11) is 1.53. The number of benzene rings is 1. The first-order valence-corrected chi connectivity index (χ1v) is 7.93. The Morgan fingerprint density at radius 1 is 1.16 bits per heavy atom. The van der Waals surface area contributed by atoms with Crippen LogP contribution in [0.15, 0.2) is 24.3 Å². The molecular formula is C15H13Cl3N3O4+. The van der Waals surface area contributed by atoms with E-state index in [1.54, 1.807) is 24.3 Å². The number of aromatic nitrogens is 1. The van der Waals surface area contributed by atoms with Gasteiger partial charge in [-0.25, -0.2) is 4.79 Å². The Balaban J connectivity index is 1.98. The van der Waals surface area contributed by atoms with Crippen molar-refractivity contribution in [2.45, 2.75) is 0 Å². The van der Waals surface area contributed by atoms with E-state index in [0.29, 0.717) is 11.4 Å². The maximum Gasteiger partial charge on any atom is 0.405 e. The van der Waals surface area contributed by atoms with E-state index < -0.39 is 18.5 Å². The topological polar surface area (TPSA) is 105 Å². The highest BCUT2D eigenvalue weighted by Crippen LogP contribution is 2.32. The summed E-state index contributed by atoms with van der Waals surface area (Å²) < 4.78 is 9.90. The Kier molecular flexibility index (Phi) is 6.30. The normalized spacial score (nSPS) is 10.2. The van der Waals surface area contributed by atoms with Crippen LogP contribution in [0.4, 0.5) is 11.4 Å². The standard InChI is InChI=1S/C15H12Cl3N3O4/c1-24-8-4-2-7(3-5-8)20-9(22)6-25-15(23)13-10(16)12(19)11(17)14(18)21-13/h2-5H,6H2,1H3,(H2,19,21)(H,20,22)/p+1. The van der Waals surface area contributed by atoms with Crippen molar-refractivity contribution < 1.29 is 24.0 Å². The highest BCUT2D eigenvalue weighted by Gasteiger charge is 2.27. The van der Waals surface area contributed by atoms with E-state index in [2.05, 4.69) is 10.3 Å². The molecule has 2 aromatic rings. The second kappa shape index (κ2) is 8.24. The predicted molar refractivity (Wildman–Crippen MR) is 94.3 cm³/mol. The van der Waals surface area contributed by atoms with Crippen LogP contribution in [-0.4, -0.2) is 25.6 Å². The van der Waals surface area contributed by atoms with Gasteiger partial charge in [0, 0.05) is 5.69 Å². The van der Waals surface area contributed by atoms with Crippen LogP contribution in [0.2, 0.25) is 15.2 Å². The second-order valence-corrected chi connectivity index (χ2v) is 5.84. The van der Waals surface area contributed by atoms with Crippen molar-refractivity contribution in [1.29, 1.82) is 0 Å². The zero-order chi connectivity index (χ0) is 18.6. The lowest BCUT2D eigenvalue weighted by Crippen LogP contribution is -2.26. The van der Waals surface area contributed by atoms with E-state index in [-0.39, 0.29) is 26.6 Å². The smallest absolute Gasteiger partial charge is 0.405 e. The number of nitrogen functional groups attached to an aromatic ring is 1. The number of methoxy groups -OCH3 is 1. The number of pyridine rings is 1. The van der Waals surface area contributed by atoms with Crippen LogP contribution in [0.1, 0.15) is 10.5 Å². The van der Waals surface area contributed by atoms with Gasteiger partial charge in [-0.05, 0) is 35.9 Å². The molecule has 0 fully saturated rings. The van der Waals surface area contributed by atoms with Crippen molar-refractivity contribution in [2.75, 3.05) is 24.8 Å². The van der Waals surface area contributed by atoms with E-state index in [0.717, 1.165) is 0 Å². The van der Waals surface area contributed by atoms with Gasteiger partial charge < -0.3 is 20.5 Å². The minimum atomic E-state index is -0.903. The van der Waals surface area contributed by atoms with Gasteiger partial charge in [0.1, 0.15) is 15.8 Å². The molecule has 0 bridgehead atoms. The lowest BCUT2D eigenvalue weighted by atomic mass is 10.3. The van der Waals surface area contributed by atoms with Crippen molar-refractivity contribution in [3.63, 3.8) is 0 Å². The van der Waals surface area contributed by atoms with Gasteiger partial charge >= 0.3 is 11.7 Å². The van der Waals surface area contributed by atoms with Gasteiger partial charge in [-0.2, -0.15) is 4.98 Å². The third-order valence-corrected chi connectivity index (χ3v) is 4.20. The summed E-state index contributed by atoms with van der Waals surface area (Å²) in [5, 5.41) is 2.33. The number of rotatable bonds is 5. The number of esters is 1. The number of hydrogen-bond donors (Lipinski definition) is 2. The molecule has 0 radical (unpaired) electrons. The highest BCUT2D eigenvalue weighted by atomic mass is 35.5. The minimum Gasteiger partial charge on any atom is -0.497 e. The van der Waals surface area contributed by atoms with Gasteiger partial charge in [0.05, 0.1) is 12.8 Å². The minimum absolute atomic E-state index is 0.0135. The Morgan fingerprint density at radius 3 is 2.40 bits per heavy atom. The molecule has 7 nitrogen and oxygen atoms in total. The SMILES string of the molecule is COc1ccc(NC(=O)COC(=O)c2[nH+]c(Cl)c(Cl)c(N)c2Cl)cc1. The van der Waals surface area contributed by atoms with E-state index in [1.807, 2.05) is 0 Å². The summed E-state index contributed by atoms with van der Waals surface area (Å²) >= 11 is 17.5. The Bertz CT molecular complexity index is 813. The van der Waals surface area contributed by atoms with Gasteiger partial charge in [0.2, 0.25) is 0 Å². The number of hydrogen-bond acceptors (Lipinski definition) is 5. The number of anilines is 2. The molecule has 10 heteroatoms. The van der Waals surface area contributed by atoms with E-state index >= 15 is 0 Å². The number of aromatic amines is 1. The Morgan fingerprint density at radius 2 is 1.80 bits per heavy atom. The lowest BCUT2D eigenvalue weighted by molar-refractivity contribution is -0.380. The number of carbonyl (C=O) groups excluding carboxylic acids is 2. The average molecular weight is 406 g/mol. The molecule has 0 saturated heterocycles. The number of nitrogens with two attached hydrogens (primary N) is 1. The molecule has 0 aliphatic rings. The van der Waals surface area contributed by atoms with Gasteiger partial charge in [0.15, 0.2) is 6.61 Å². The molecule has 0 aliphatic carbocycles. The molecule has 2 rings (SSSR count). The number of carbonyl (C=O) groups is 2. The number of halogens is 3. The summed E-state index contributed by atoms with van der Waals surface area (Å²) in [6, 6.07) is 6.63. The molecular weight excluding hydrogens is 393 g/mol. The first-order valence-electron chi connectivity index (χ1n) is 6.79. The Labute approximate surface area is 158 Å². The van der Waals surface area contributed by atoms with Crippen LogP contribution in [0, 0.1) is 0 Å². The molecule has 0 atom stereocenters. The van der Waals surface area contributed by atoms with Crippen LogP contribution < -0.4 is 20.8 Å². The third-order valence-electron chi connectivity index (χ3n) is 3.03. The number of amides is 1. The van der Waals surface area contributed by atoms with E-state index in [9.17, 15) is 9.59 Å². The molecule has 0 spiro atoms. The van der Waals surface area contributed by atoms with Crippen LogP contribution in [0.5, 0.6) is 5.75 Å². The van der Waals surface area contributed by atoms with Crippen molar-refractivity contribution in [3.05, 3.63) is 45.2 Å². The van der Waals surface area contributed by atoms with Crippen molar-refractivity contribution in [2.24, 2.45) is 0 Å². The summed E-state index contributed by atoms with van der Waals surface area (Å²) in [4.78, 5) is 26.3. The fourth-order valence-electron chi connectivity index (χ4n) is 1.78. The van der Waals surface area contributed by atoms with E-state index in [1.165, 1.54) is 7.11 Å². The summed E-state index contributed by atoms with van der Waals surface area (Å²) in [5.41, 5.74) is 5.89. The summed E-state index contributed by atoms with van der Waals surface area (Å²) in [5.74, 6) is -0.797. The number of nitrogens with one attached hydrogen (secondary N) is 2. The maximum absolute atomic E-state index is 12.0. The fourth-order valence-corrected chi connectivity index (χ4v) is 2.39. The van der Waals surface area contributed by atoms with Gasteiger partial charge in [-0.1, -0.05) is 23.2 Å². The molecule has 132 valence electrons. The second-order valence-electron chi connectivity index (χ2n) is 4.71. The van der Waals surface area contributed by atoms with Crippen molar-refractivity contribution in [3.8, 4) is 5.75 Å². The quantitative estimate of drug-likeness (QED) is 0.588. The highest BCUT2D eigenvalue weighted by molar-refractivity contribution is 6.45. The number of H-pyrrole nitrogens is 1. The maximum atomic E-state index is 12.0. The molecule has 25 heavy (non-hydrogen) atoms. The fraction of sp³-hybridized carbons (Fsp3) is 0.133. The van der Waals surface area contributed by atoms with Gasteiger partial charge in [-0.3, -0.25) is 4.79 Å². The van der Waals surface area contributed by atoms with Gasteiger partial charge in [0.25, 0.3) is 11.1 Å². The van der Waals surface area contributed by atoms with Gasteiger partial charge in [-0.15, -0.1) is 0 Å². The molecule has 1 aromatic carbocycles. The van der Waals surface area contributed by atoms with E-state index in [4.69, 9.17) is 50.0 Å². The third kappa shape index (κ3) is 4.66. The molecule has 0 saturated carbocycles. The van der Waals surface area contributed by atoms with Crippen molar-refractivity contribution in [1.82, 2.24) is 0 Å². The monoisotopic (exact) mass is 404 g/mol. The predicted octanol–water partition coefficient (Wildman–Crippen LogP) is 2.85. The Hall–Kier alpha value is -2.22. The molecule has 4 N–H and O–H groups in total. The summed E-state index contributed by atoms with van der Waals surface area (Å²) in [6.45, 7) is -0.533. The van der Waals surface area contributed by atoms with Crippen molar-refractivity contribution >= 4 is 58.1 Å². The van der Waals surface area contributed by atoms with Crippen LogP contribution in [0.3, 0.4) is 0 Å². The lowest BCUT2D eigenvalue weighted by Gasteiger charge is -2.07. The first-order chi connectivity index (χ1) is 11.8. The molecule has 1 aromatic heterocycles. The molecule has 1 heterocycles. The molecule has 0 unspecified atom stereocenters. The van der Waals surface area contributed by atoms with Crippen LogP contribution in [0.25, 0.3) is 0 Å². The first kappa shape index (κ1) is 19.1. The average Bonchev–Trinajstić information content (AvgIpc) is 2.61. The van der Waals surface area contributed by atoms with Crippen LogP contribution in [-0.2, 0) is 9.53 Å². The largest absolute Gasteiger partial charge is 0.497 e. The summed E-state index contributed by atoms with van der Waals surface area (Å²) in [6.07, 6.45) is 0. The number of ether oxygens (including phenoxy) is 2. The molecule has 0 aliphatic heterocycles.